The monoisotopic (exact) mass is 351 g/mol. The van der Waals surface area contributed by atoms with Gasteiger partial charge >= 0.3 is 11.8 Å². The number of hydrazone groups is 1. The van der Waals surface area contributed by atoms with Gasteiger partial charge in [-0.25, -0.2) is 5.43 Å². The molecule has 1 atom stereocenters. The van der Waals surface area contributed by atoms with Crippen molar-refractivity contribution in [3.8, 4) is 0 Å². The fourth-order valence-electron chi connectivity index (χ4n) is 3.41. The molecule has 0 bridgehead atoms. The van der Waals surface area contributed by atoms with Gasteiger partial charge in [-0.15, -0.1) is 0 Å². The Hall–Kier alpha value is -1.43. The van der Waals surface area contributed by atoms with Crippen molar-refractivity contribution in [3.05, 3.63) is 0 Å². The summed E-state index contributed by atoms with van der Waals surface area (Å²) in [5, 5.41) is 6.86. The van der Waals surface area contributed by atoms with Crippen molar-refractivity contribution in [1.29, 1.82) is 0 Å². The Bertz CT molecular complexity index is 431. The zero-order valence-electron chi connectivity index (χ0n) is 15.4. The normalized spacial score (nSPS) is 23.2. The summed E-state index contributed by atoms with van der Waals surface area (Å²) in [6, 6.07) is 0. The van der Waals surface area contributed by atoms with Crippen molar-refractivity contribution >= 4 is 17.5 Å². The standard InChI is InChI=1S/C19H33N3O3/c23-18(20-15-17-13-10-14-25-17)19(24)22-21-16-11-8-6-4-2-1-3-5-7-9-12-16/h17H,1-15H2,(H,20,23)(H,22,24)/t17-/m0/s1. The molecule has 2 rings (SSSR count). The van der Waals surface area contributed by atoms with Gasteiger partial charge in [-0.2, -0.15) is 5.10 Å². The van der Waals surface area contributed by atoms with Crippen LogP contribution in [0.2, 0.25) is 0 Å². The van der Waals surface area contributed by atoms with Crippen molar-refractivity contribution in [2.24, 2.45) is 5.10 Å². The first-order valence-corrected chi connectivity index (χ1v) is 10.0. The number of hydrogen-bond donors (Lipinski definition) is 2. The third kappa shape index (κ3) is 8.47. The van der Waals surface area contributed by atoms with Gasteiger partial charge in [-0.3, -0.25) is 9.59 Å². The van der Waals surface area contributed by atoms with Gasteiger partial charge in [-0.1, -0.05) is 44.9 Å². The largest absolute Gasteiger partial charge is 0.376 e. The van der Waals surface area contributed by atoms with Crippen molar-refractivity contribution in [2.75, 3.05) is 13.2 Å². The molecule has 0 unspecified atom stereocenters. The Kier molecular flexibility index (Phi) is 9.55. The second kappa shape index (κ2) is 12.0. The Morgan fingerprint density at radius 2 is 1.48 bits per heavy atom. The Balaban J connectivity index is 1.72. The summed E-state index contributed by atoms with van der Waals surface area (Å²) in [4.78, 5) is 23.7. The van der Waals surface area contributed by atoms with Gasteiger partial charge in [0.1, 0.15) is 0 Å². The van der Waals surface area contributed by atoms with Crippen molar-refractivity contribution in [2.45, 2.75) is 89.6 Å². The van der Waals surface area contributed by atoms with Crippen molar-refractivity contribution < 1.29 is 14.3 Å². The average Bonchev–Trinajstić information content (AvgIpc) is 3.12. The second-order valence-electron chi connectivity index (χ2n) is 7.15. The maximum Gasteiger partial charge on any atom is 0.329 e. The van der Waals surface area contributed by atoms with Crippen LogP contribution in [-0.2, 0) is 14.3 Å². The Morgan fingerprint density at radius 3 is 2.04 bits per heavy atom. The van der Waals surface area contributed by atoms with E-state index in [1.54, 1.807) is 0 Å². The van der Waals surface area contributed by atoms with Gasteiger partial charge in [0, 0.05) is 18.9 Å². The van der Waals surface area contributed by atoms with Crippen LogP contribution in [0.25, 0.3) is 0 Å². The highest BCUT2D eigenvalue weighted by Crippen LogP contribution is 2.15. The lowest BCUT2D eigenvalue weighted by Gasteiger charge is -2.11. The van der Waals surface area contributed by atoms with Crippen LogP contribution in [0, 0.1) is 0 Å². The van der Waals surface area contributed by atoms with E-state index in [-0.39, 0.29) is 6.10 Å². The fraction of sp³-hybridized carbons (Fsp3) is 0.842. The number of nitrogens with one attached hydrogen (secondary N) is 2. The maximum atomic E-state index is 11.9. The zero-order valence-corrected chi connectivity index (χ0v) is 15.4. The first-order valence-electron chi connectivity index (χ1n) is 10.0. The molecule has 6 nitrogen and oxygen atoms in total. The second-order valence-corrected chi connectivity index (χ2v) is 7.15. The molecule has 142 valence electrons. The van der Waals surface area contributed by atoms with E-state index in [2.05, 4.69) is 15.8 Å². The van der Waals surface area contributed by atoms with E-state index in [9.17, 15) is 9.59 Å². The van der Waals surface area contributed by atoms with Gasteiger partial charge in [0.05, 0.1) is 6.10 Å². The maximum absolute atomic E-state index is 11.9. The summed E-state index contributed by atoms with van der Waals surface area (Å²) >= 11 is 0. The lowest BCUT2D eigenvalue weighted by atomic mass is 10.00. The van der Waals surface area contributed by atoms with Crippen LogP contribution in [0.4, 0.5) is 0 Å². The van der Waals surface area contributed by atoms with E-state index < -0.39 is 11.8 Å². The van der Waals surface area contributed by atoms with E-state index in [0.717, 1.165) is 50.8 Å². The molecule has 0 aromatic carbocycles. The first-order chi connectivity index (χ1) is 12.3. The predicted octanol–water partition coefficient (Wildman–Crippen LogP) is 3.06. The van der Waals surface area contributed by atoms with E-state index in [4.69, 9.17) is 4.74 Å². The summed E-state index contributed by atoms with van der Waals surface area (Å²) < 4.78 is 5.43. The summed E-state index contributed by atoms with van der Waals surface area (Å²) in [5.41, 5.74) is 3.45. The smallest absolute Gasteiger partial charge is 0.329 e. The van der Waals surface area contributed by atoms with E-state index in [1.165, 1.54) is 44.9 Å². The molecule has 1 saturated heterocycles. The van der Waals surface area contributed by atoms with Crippen LogP contribution in [-0.4, -0.2) is 36.8 Å². The average molecular weight is 351 g/mol. The highest BCUT2D eigenvalue weighted by molar-refractivity contribution is 6.35. The zero-order chi connectivity index (χ0) is 17.7. The summed E-state index contributed by atoms with van der Waals surface area (Å²) in [7, 11) is 0. The molecular weight excluding hydrogens is 318 g/mol. The Morgan fingerprint density at radius 1 is 0.880 bits per heavy atom. The van der Waals surface area contributed by atoms with Crippen molar-refractivity contribution in [3.63, 3.8) is 0 Å². The van der Waals surface area contributed by atoms with Gasteiger partial charge < -0.3 is 10.1 Å². The minimum Gasteiger partial charge on any atom is -0.376 e. The SMILES string of the molecule is O=C(NC[C@@H]1CCCO1)C(=O)NN=C1CCCCCCCCCCC1. The minimum absolute atomic E-state index is 0.0365. The Labute approximate surface area is 151 Å². The highest BCUT2D eigenvalue weighted by Gasteiger charge is 2.19. The third-order valence-electron chi connectivity index (χ3n) is 4.97. The lowest BCUT2D eigenvalue weighted by Crippen LogP contribution is -2.41. The molecule has 2 N–H and O–H groups in total. The molecule has 1 saturated carbocycles. The number of carbonyl (C=O) groups excluding carboxylic acids is 2. The van der Waals surface area contributed by atoms with Crippen molar-refractivity contribution in [1.82, 2.24) is 10.7 Å². The molecule has 6 heteroatoms. The van der Waals surface area contributed by atoms with Gasteiger partial charge in [-0.05, 0) is 38.5 Å². The van der Waals surface area contributed by atoms with E-state index >= 15 is 0 Å². The minimum atomic E-state index is -0.684. The number of ether oxygens (including phenoxy) is 1. The molecule has 0 spiro atoms. The number of nitrogens with zero attached hydrogens (tertiary/aromatic N) is 1. The van der Waals surface area contributed by atoms with Gasteiger partial charge in [0.2, 0.25) is 0 Å². The summed E-state index contributed by atoms with van der Waals surface area (Å²) in [6.07, 6.45) is 15.1. The molecule has 1 aliphatic carbocycles. The number of carbonyl (C=O) groups is 2. The quantitative estimate of drug-likeness (QED) is 0.606. The van der Waals surface area contributed by atoms with Gasteiger partial charge in [0.25, 0.3) is 0 Å². The van der Waals surface area contributed by atoms with E-state index in [0.29, 0.717) is 6.54 Å². The molecule has 0 radical (unpaired) electrons. The molecule has 1 aliphatic heterocycles. The number of amides is 2. The number of rotatable bonds is 3. The van der Waals surface area contributed by atoms with Crippen LogP contribution in [0.3, 0.4) is 0 Å². The third-order valence-corrected chi connectivity index (χ3v) is 4.97. The van der Waals surface area contributed by atoms with E-state index in [1.807, 2.05) is 0 Å². The molecular formula is C19H33N3O3. The predicted molar refractivity (Wildman–Crippen MR) is 98.3 cm³/mol. The molecule has 2 amide bonds. The molecule has 0 aromatic rings. The summed E-state index contributed by atoms with van der Waals surface area (Å²) in [5.74, 6) is -1.32. The van der Waals surface area contributed by atoms with Crippen LogP contribution < -0.4 is 10.7 Å². The topological polar surface area (TPSA) is 79.8 Å². The van der Waals surface area contributed by atoms with Crippen LogP contribution in [0.1, 0.15) is 83.5 Å². The fourth-order valence-corrected chi connectivity index (χ4v) is 3.41. The molecule has 2 fully saturated rings. The van der Waals surface area contributed by atoms with Crippen LogP contribution in [0.15, 0.2) is 5.10 Å². The molecule has 2 aliphatic rings. The highest BCUT2D eigenvalue weighted by atomic mass is 16.5. The van der Waals surface area contributed by atoms with Crippen LogP contribution >= 0.6 is 0 Å². The molecule has 1 heterocycles. The van der Waals surface area contributed by atoms with Gasteiger partial charge in [0.15, 0.2) is 0 Å². The van der Waals surface area contributed by atoms with Crippen LogP contribution in [0.5, 0.6) is 0 Å². The number of hydrogen-bond acceptors (Lipinski definition) is 4. The molecule has 25 heavy (non-hydrogen) atoms. The first kappa shape index (κ1) is 19.9. The molecule has 0 aromatic heterocycles. The summed E-state index contributed by atoms with van der Waals surface area (Å²) in [6.45, 7) is 1.13. The lowest BCUT2D eigenvalue weighted by molar-refractivity contribution is -0.139.